The van der Waals surface area contributed by atoms with Crippen molar-refractivity contribution in [2.24, 2.45) is 5.92 Å². The first kappa shape index (κ1) is 25.8. The van der Waals surface area contributed by atoms with Gasteiger partial charge in [-0.25, -0.2) is 4.79 Å². The summed E-state index contributed by atoms with van der Waals surface area (Å²) >= 11 is 0. The molecule has 2 saturated heterocycles. The van der Waals surface area contributed by atoms with Crippen LogP contribution in [0, 0.1) is 5.92 Å². The van der Waals surface area contributed by atoms with E-state index < -0.39 is 0 Å². The van der Waals surface area contributed by atoms with Crippen LogP contribution in [-0.2, 0) is 11.2 Å². The van der Waals surface area contributed by atoms with Gasteiger partial charge in [-0.05, 0) is 73.9 Å². The van der Waals surface area contributed by atoms with E-state index in [1.54, 1.807) is 6.07 Å². The van der Waals surface area contributed by atoms with Gasteiger partial charge in [0.05, 0.1) is 11.7 Å². The standard InChI is InChI=1S/C31H36N4O3/c36-30(32-22-27-12-7-19-38-27)28-21-26(34-31(37)33-25-10-5-2-6-11-25)13-14-29(28)35-17-15-24(16-18-35)20-23-8-3-1-4-9-23/h1-6,8-11,13-14,21,24,27H,7,12,15-20,22H2,(H,32,36)(H2,33,34,37)/t27-/m1/s1. The average Bonchev–Trinajstić information content (AvgIpc) is 3.47. The summed E-state index contributed by atoms with van der Waals surface area (Å²) in [6.07, 6.45) is 5.29. The molecule has 3 aromatic carbocycles. The van der Waals surface area contributed by atoms with Crippen molar-refractivity contribution in [3.8, 4) is 0 Å². The summed E-state index contributed by atoms with van der Waals surface area (Å²) in [7, 11) is 0. The van der Waals surface area contributed by atoms with Crippen molar-refractivity contribution >= 4 is 29.0 Å². The molecule has 0 bridgehead atoms. The van der Waals surface area contributed by atoms with Crippen molar-refractivity contribution in [3.05, 3.63) is 90.0 Å². The largest absolute Gasteiger partial charge is 0.376 e. The lowest BCUT2D eigenvalue weighted by Crippen LogP contribution is -2.37. The second-order valence-electron chi connectivity index (χ2n) is 10.1. The lowest BCUT2D eigenvalue weighted by Gasteiger charge is -2.35. The third-order valence-corrected chi connectivity index (χ3v) is 7.37. The number of amides is 3. The van der Waals surface area contributed by atoms with Gasteiger partial charge < -0.3 is 25.6 Å². The molecule has 0 aliphatic carbocycles. The average molecular weight is 513 g/mol. The van der Waals surface area contributed by atoms with Crippen molar-refractivity contribution in [1.29, 1.82) is 0 Å². The minimum absolute atomic E-state index is 0.0640. The molecule has 198 valence electrons. The highest BCUT2D eigenvalue weighted by molar-refractivity contribution is 6.04. The maximum absolute atomic E-state index is 13.4. The number of anilines is 3. The summed E-state index contributed by atoms with van der Waals surface area (Å²) in [5, 5.41) is 8.76. The van der Waals surface area contributed by atoms with Crippen LogP contribution in [0.25, 0.3) is 0 Å². The molecule has 2 heterocycles. The van der Waals surface area contributed by atoms with Gasteiger partial charge in [-0.3, -0.25) is 4.79 Å². The predicted molar refractivity (Wildman–Crippen MR) is 152 cm³/mol. The number of nitrogens with one attached hydrogen (secondary N) is 3. The SMILES string of the molecule is O=C(Nc1ccccc1)Nc1ccc(N2CCC(Cc3ccccc3)CC2)c(C(=O)NC[C@H]2CCCO2)c1. The van der Waals surface area contributed by atoms with E-state index in [2.05, 4.69) is 51.2 Å². The molecule has 5 rings (SSSR count). The number of nitrogens with zero attached hydrogens (tertiary/aromatic N) is 1. The number of carbonyl (C=O) groups is 2. The Balaban J connectivity index is 1.27. The monoisotopic (exact) mass is 512 g/mol. The summed E-state index contributed by atoms with van der Waals surface area (Å²) in [5.74, 6) is 0.488. The van der Waals surface area contributed by atoms with Gasteiger partial charge in [0, 0.05) is 43.3 Å². The van der Waals surface area contributed by atoms with E-state index in [0.717, 1.165) is 57.5 Å². The number of rotatable bonds is 8. The third-order valence-electron chi connectivity index (χ3n) is 7.37. The Bertz CT molecular complexity index is 1200. The zero-order valence-electron chi connectivity index (χ0n) is 21.7. The van der Waals surface area contributed by atoms with Crippen LogP contribution < -0.4 is 20.9 Å². The fourth-order valence-corrected chi connectivity index (χ4v) is 5.32. The number of para-hydroxylation sites is 1. The van der Waals surface area contributed by atoms with Gasteiger partial charge in [0.1, 0.15) is 0 Å². The molecule has 2 fully saturated rings. The quantitative estimate of drug-likeness (QED) is 0.362. The molecule has 0 radical (unpaired) electrons. The third kappa shape index (κ3) is 6.92. The number of piperidine rings is 1. The Morgan fingerprint density at radius 1 is 0.842 bits per heavy atom. The maximum atomic E-state index is 13.4. The Morgan fingerprint density at radius 3 is 2.26 bits per heavy atom. The van der Waals surface area contributed by atoms with E-state index in [1.165, 1.54) is 5.56 Å². The zero-order valence-corrected chi connectivity index (χ0v) is 21.7. The molecule has 1 atom stereocenters. The van der Waals surface area contributed by atoms with Gasteiger partial charge in [-0.15, -0.1) is 0 Å². The van der Waals surface area contributed by atoms with Gasteiger partial charge in [0.15, 0.2) is 0 Å². The minimum atomic E-state index is -0.351. The highest BCUT2D eigenvalue weighted by Crippen LogP contribution is 2.30. The van der Waals surface area contributed by atoms with Crippen LogP contribution in [0.5, 0.6) is 0 Å². The number of hydrogen-bond acceptors (Lipinski definition) is 4. The van der Waals surface area contributed by atoms with Gasteiger partial charge >= 0.3 is 6.03 Å². The topological polar surface area (TPSA) is 82.7 Å². The fraction of sp³-hybridized carbons (Fsp3) is 0.355. The second kappa shape index (κ2) is 12.6. The molecule has 0 aromatic heterocycles. The van der Waals surface area contributed by atoms with E-state index in [-0.39, 0.29) is 18.0 Å². The first-order chi connectivity index (χ1) is 18.6. The minimum Gasteiger partial charge on any atom is -0.376 e. The van der Waals surface area contributed by atoms with Crippen LogP contribution in [0.2, 0.25) is 0 Å². The Morgan fingerprint density at radius 2 is 1.55 bits per heavy atom. The van der Waals surface area contributed by atoms with E-state index in [4.69, 9.17) is 4.74 Å². The molecule has 0 unspecified atom stereocenters. The van der Waals surface area contributed by atoms with Crippen molar-refractivity contribution in [2.75, 3.05) is 41.8 Å². The first-order valence-corrected chi connectivity index (χ1v) is 13.6. The highest BCUT2D eigenvalue weighted by atomic mass is 16.5. The maximum Gasteiger partial charge on any atom is 0.323 e. The van der Waals surface area contributed by atoms with Crippen LogP contribution in [0.15, 0.2) is 78.9 Å². The molecular weight excluding hydrogens is 476 g/mol. The van der Waals surface area contributed by atoms with Crippen LogP contribution in [0.1, 0.15) is 41.6 Å². The zero-order chi connectivity index (χ0) is 26.2. The van der Waals surface area contributed by atoms with E-state index in [0.29, 0.717) is 29.4 Å². The predicted octanol–water partition coefficient (Wildman–Crippen LogP) is 5.70. The highest BCUT2D eigenvalue weighted by Gasteiger charge is 2.25. The lowest BCUT2D eigenvalue weighted by atomic mass is 9.89. The molecule has 7 nitrogen and oxygen atoms in total. The summed E-state index contributed by atoms with van der Waals surface area (Å²) < 4.78 is 5.69. The second-order valence-corrected chi connectivity index (χ2v) is 10.1. The number of benzene rings is 3. The molecule has 3 aromatic rings. The van der Waals surface area contributed by atoms with Crippen molar-refractivity contribution in [2.45, 2.75) is 38.2 Å². The van der Waals surface area contributed by atoms with Gasteiger partial charge in [-0.2, -0.15) is 0 Å². The number of carbonyl (C=O) groups excluding carboxylic acids is 2. The van der Waals surface area contributed by atoms with Crippen LogP contribution in [0.3, 0.4) is 0 Å². The first-order valence-electron chi connectivity index (χ1n) is 13.6. The molecule has 2 aliphatic rings. The summed E-state index contributed by atoms with van der Waals surface area (Å²) in [6, 6.07) is 25.2. The van der Waals surface area contributed by atoms with Crippen LogP contribution in [-0.4, -0.2) is 44.3 Å². The molecule has 38 heavy (non-hydrogen) atoms. The molecule has 3 amide bonds. The summed E-state index contributed by atoms with van der Waals surface area (Å²) in [6.45, 7) is 3.03. The van der Waals surface area contributed by atoms with E-state index >= 15 is 0 Å². The molecular formula is C31H36N4O3. The van der Waals surface area contributed by atoms with Gasteiger partial charge in [0.25, 0.3) is 5.91 Å². The molecule has 0 saturated carbocycles. The molecule has 2 aliphatic heterocycles. The molecule has 3 N–H and O–H groups in total. The fourth-order valence-electron chi connectivity index (χ4n) is 5.32. The van der Waals surface area contributed by atoms with Crippen molar-refractivity contribution < 1.29 is 14.3 Å². The number of hydrogen-bond donors (Lipinski definition) is 3. The normalized spacial score (nSPS) is 17.7. The Labute approximate surface area is 224 Å². The Kier molecular flexibility index (Phi) is 8.56. The summed E-state index contributed by atoms with van der Waals surface area (Å²) in [5.41, 5.74) is 4.13. The van der Waals surface area contributed by atoms with Gasteiger partial charge in [0.2, 0.25) is 0 Å². The molecule has 0 spiro atoms. The number of urea groups is 1. The lowest BCUT2D eigenvalue weighted by molar-refractivity contribution is 0.0858. The molecule has 7 heteroatoms. The van der Waals surface area contributed by atoms with Gasteiger partial charge in [-0.1, -0.05) is 48.5 Å². The van der Waals surface area contributed by atoms with Crippen LogP contribution in [0.4, 0.5) is 21.9 Å². The Hall–Kier alpha value is -3.84. The van der Waals surface area contributed by atoms with Crippen LogP contribution >= 0.6 is 0 Å². The number of ether oxygens (including phenoxy) is 1. The van der Waals surface area contributed by atoms with E-state index in [9.17, 15) is 9.59 Å². The van der Waals surface area contributed by atoms with Crippen molar-refractivity contribution in [1.82, 2.24) is 5.32 Å². The summed E-state index contributed by atoms with van der Waals surface area (Å²) in [4.78, 5) is 28.3. The van der Waals surface area contributed by atoms with E-state index in [1.807, 2.05) is 42.5 Å². The van der Waals surface area contributed by atoms with Crippen molar-refractivity contribution in [3.63, 3.8) is 0 Å². The smallest absolute Gasteiger partial charge is 0.323 e.